The van der Waals surface area contributed by atoms with E-state index in [1.54, 1.807) is 18.2 Å². The predicted molar refractivity (Wildman–Crippen MR) is 167 cm³/mol. The van der Waals surface area contributed by atoms with Crippen molar-refractivity contribution in [2.24, 2.45) is 23.2 Å². The number of carbonyl (C=O) groups excluding carboxylic acids is 3. The van der Waals surface area contributed by atoms with Crippen LogP contribution in [-0.4, -0.2) is 78.3 Å². The summed E-state index contributed by atoms with van der Waals surface area (Å²) in [4.78, 5) is 41.3. The van der Waals surface area contributed by atoms with Gasteiger partial charge in [-0.2, -0.15) is 0 Å². The maximum atomic E-state index is 14.1. The number of hydrogen-bond acceptors (Lipinski definition) is 7. The van der Waals surface area contributed by atoms with Crippen molar-refractivity contribution in [3.63, 3.8) is 0 Å². The Bertz CT molecular complexity index is 1260. The Morgan fingerprint density at radius 1 is 1.18 bits per heavy atom. The molecular weight excluding hydrogens is 560 g/mol. The second kappa shape index (κ2) is 13.6. The van der Waals surface area contributed by atoms with E-state index in [1.165, 1.54) is 13.5 Å². The van der Waals surface area contributed by atoms with Gasteiger partial charge in [-0.05, 0) is 67.1 Å². The van der Waals surface area contributed by atoms with E-state index in [0.717, 1.165) is 50.9 Å². The van der Waals surface area contributed by atoms with E-state index >= 15 is 0 Å². The van der Waals surface area contributed by atoms with Gasteiger partial charge in [-0.3, -0.25) is 14.4 Å². The SMILES string of the molecule is CCCCCCCC(=O)N(C[C@@H]1CC[C@H]2C[C@@H]1C2(C)C)[C@@H]1C=C(C(=O)NCCO)[C@@H]2c3cc(C=O)cc(OC)c3O[C@@H]2[C@H]1O. The minimum absolute atomic E-state index is 0.00838. The Balaban J connectivity index is 1.51. The number of benzene rings is 1. The Morgan fingerprint density at radius 3 is 2.61 bits per heavy atom. The van der Waals surface area contributed by atoms with Crippen molar-refractivity contribution >= 4 is 18.1 Å². The zero-order valence-electron chi connectivity index (χ0n) is 26.7. The van der Waals surface area contributed by atoms with Gasteiger partial charge in [0, 0.05) is 36.2 Å². The average Bonchev–Trinajstić information content (AvgIpc) is 3.42. The van der Waals surface area contributed by atoms with E-state index in [2.05, 4.69) is 26.1 Å². The summed E-state index contributed by atoms with van der Waals surface area (Å²) in [7, 11) is 1.48. The van der Waals surface area contributed by atoms with Crippen molar-refractivity contribution in [3.8, 4) is 11.5 Å². The molecule has 6 rings (SSSR count). The normalized spacial score (nSPS) is 29.3. The number of amides is 2. The fourth-order valence-corrected chi connectivity index (χ4v) is 8.41. The summed E-state index contributed by atoms with van der Waals surface area (Å²) >= 11 is 0. The molecule has 9 nitrogen and oxygen atoms in total. The molecular formula is C35H50N2O7. The number of nitrogens with zero attached hydrogens (tertiary/aromatic N) is 1. The molecule has 1 aromatic rings. The summed E-state index contributed by atoms with van der Waals surface area (Å²) < 4.78 is 11.9. The third kappa shape index (κ3) is 6.02. The molecule has 0 radical (unpaired) electrons. The van der Waals surface area contributed by atoms with Crippen LogP contribution in [0.2, 0.25) is 0 Å². The van der Waals surface area contributed by atoms with Crippen molar-refractivity contribution in [3.05, 3.63) is 34.9 Å². The molecule has 3 fully saturated rings. The third-order valence-electron chi connectivity index (χ3n) is 11.0. The van der Waals surface area contributed by atoms with Gasteiger partial charge in [-0.1, -0.05) is 46.5 Å². The lowest BCUT2D eigenvalue weighted by molar-refractivity contribution is -0.146. The molecule has 1 aliphatic heterocycles. The van der Waals surface area contributed by atoms with E-state index in [9.17, 15) is 24.6 Å². The summed E-state index contributed by atoms with van der Waals surface area (Å²) in [6.07, 6.45) is 9.37. The summed E-state index contributed by atoms with van der Waals surface area (Å²) in [5.74, 6) is 1.22. The summed E-state index contributed by atoms with van der Waals surface area (Å²) in [5, 5.41) is 24.2. The quantitative estimate of drug-likeness (QED) is 0.211. The van der Waals surface area contributed by atoms with Gasteiger partial charge in [-0.25, -0.2) is 0 Å². The van der Waals surface area contributed by atoms with Crippen molar-refractivity contribution in [2.75, 3.05) is 26.8 Å². The number of carbonyl (C=O) groups is 3. The fourth-order valence-electron chi connectivity index (χ4n) is 8.41. The van der Waals surface area contributed by atoms with Gasteiger partial charge < -0.3 is 29.9 Å². The molecule has 0 unspecified atom stereocenters. The highest BCUT2D eigenvalue weighted by Gasteiger charge is 2.56. The van der Waals surface area contributed by atoms with Gasteiger partial charge in [0.1, 0.15) is 18.5 Å². The molecule has 2 amide bonds. The van der Waals surface area contributed by atoms with Crippen LogP contribution in [0.1, 0.15) is 100 Å². The first kappa shape index (κ1) is 32.5. The Hall–Kier alpha value is -2.91. The maximum absolute atomic E-state index is 14.1. The van der Waals surface area contributed by atoms with Gasteiger partial charge in [-0.15, -0.1) is 0 Å². The number of nitrogens with one attached hydrogen (secondary N) is 1. The van der Waals surface area contributed by atoms with Crippen LogP contribution in [-0.2, 0) is 9.59 Å². The Labute approximate surface area is 261 Å². The molecule has 2 bridgehead atoms. The van der Waals surface area contributed by atoms with Gasteiger partial charge >= 0.3 is 0 Å². The molecule has 0 spiro atoms. The first-order valence-electron chi connectivity index (χ1n) is 16.6. The van der Waals surface area contributed by atoms with E-state index in [0.29, 0.717) is 59.3 Å². The van der Waals surface area contributed by atoms with Crippen molar-refractivity contribution in [1.29, 1.82) is 0 Å². The number of unbranched alkanes of at least 4 members (excludes halogenated alkanes) is 4. The van der Waals surface area contributed by atoms with Gasteiger partial charge in [0.2, 0.25) is 11.8 Å². The average molecular weight is 611 g/mol. The molecule has 3 N–H and O–H groups in total. The van der Waals surface area contributed by atoms with Crippen LogP contribution < -0.4 is 14.8 Å². The minimum atomic E-state index is -1.11. The first-order valence-corrected chi connectivity index (χ1v) is 16.6. The molecule has 7 atom stereocenters. The van der Waals surface area contributed by atoms with Crippen LogP contribution >= 0.6 is 0 Å². The number of methoxy groups -OCH3 is 1. The van der Waals surface area contributed by atoms with Crippen LogP contribution in [0.5, 0.6) is 11.5 Å². The van der Waals surface area contributed by atoms with E-state index in [1.807, 2.05) is 4.90 Å². The summed E-state index contributed by atoms with van der Waals surface area (Å²) in [5.41, 5.74) is 1.55. The van der Waals surface area contributed by atoms with Crippen molar-refractivity contribution in [2.45, 2.75) is 103 Å². The zero-order chi connectivity index (χ0) is 31.6. The number of aliphatic hydroxyl groups excluding tert-OH is 2. The van der Waals surface area contributed by atoms with E-state index in [4.69, 9.17) is 9.47 Å². The second-order valence-electron chi connectivity index (χ2n) is 13.8. The fraction of sp³-hybridized carbons (Fsp3) is 0.686. The van der Waals surface area contributed by atoms with Gasteiger partial charge in [0.15, 0.2) is 11.5 Å². The Morgan fingerprint density at radius 2 is 1.95 bits per heavy atom. The smallest absolute Gasteiger partial charge is 0.247 e. The molecule has 1 heterocycles. The molecule has 0 saturated heterocycles. The number of aldehydes is 1. The van der Waals surface area contributed by atoms with Gasteiger partial charge in [0.25, 0.3) is 0 Å². The topological polar surface area (TPSA) is 125 Å². The third-order valence-corrected chi connectivity index (χ3v) is 11.0. The number of aliphatic hydroxyl groups is 2. The molecule has 3 saturated carbocycles. The monoisotopic (exact) mass is 610 g/mol. The number of hydrogen-bond donors (Lipinski definition) is 3. The molecule has 0 aromatic heterocycles. The Kier molecular flexibility index (Phi) is 10.0. The molecule has 9 heteroatoms. The van der Waals surface area contributed by atoms with Crippen molar-refractivity contribution in [1.82, 2.24) is 10.2 Å². The lowest BCUT2D eigenvalue weighted by Gasteiger charge is -2.61. The second-order valence-corrected chi connectivity index (χ2v) is 13.8. The van der Waals surface area contributed by atoms with E-state index < -0.39 is 30.1 Å². The number of fused-ring (bicyclic) bond motifs is 5. The maximum Gasteiger partial charge on any atom is 0.247 e. The lowest BCUT2D eigenvalue weighted by atomic mass is 9.45. The predicted octanol–water partition coefficient (Wildman–Crippen LogP) is 4.39. The molecule has 44 heavy (non-hydrogen) atoms. The van der Waals surface area contributed by atoms with E-state index in [-0.39, 0.29) is 24.5 Å². The molecule has 5 aliphatic rings. The van der Waals surface area contributed by atoms with Crippen LogP contribution in [0, 0.1) is 23.2 Å². The zero-order valence-corrected chi connectivity index (χ0v) is 26.7. The summed E-state index contributed by atoms with van der Waals surface area (Å²) in [6.45, 7) is 7.21. The van der Waals surface area contributed by atoms with Crippen LogP contribution in [0.15, 0.2) is 23.8 Å². The highest BCUT2D eigenvalue weighted by molar-refractivity contribution is 5.96. The van der Waals surface area contributed by atoms with Crippen LogP contribution in [0.25, 0.3) is 0 Å². The van der Waals surface area contributed by atoms with Crippen LogP contribution in [0.3, 0.4) is 0 Å². The molecule has 1 aromatic carbocycles. The van der Waals surface area contributed by atoms with Crippen LogP contribution in [0.4, 0.5) is 0 Å². The van der Waals surface area contributed by atoms with Gasteiger partial charge in [0.05, 0.1) is 25.7 Å². The summed E-state index contributed by atoms with van der Waals surface area (Å²) in [6, 6.07) is 2.49. The van der Waals surface area contributed by atoms with Crippen molar-refractivity contribution < 1.29 is 34.1 Å². The largest absolute Gasteiger partial charge is 0.493 e. The minimum Gasteiger partial charge on any atom is -0.493 e. The number of ether oxygens (including phenoxy) is 2. The molecule has 4 aliphatic carbocycles. The lowest BCUT2D eigenvalue weighted by Crippen LogP contribution is -2.59. The first-order chi connectivity index (χ1) is 21.2. The number of rotatable bonds is 14. The standard InChI is InChI=1S/C35H50N2O7/c1-5-6-7-8-9-10-29(40)37(19-22-11-12-23-17-26(22)35(23,2)3)27-18-25(34(42)36-13-14-38)30-24-15-21(20-39)16-28(43-4)32(24)44-33(30)31(27)41/h15-16,18,20,22-23,26-27,30-31,33,38,41H,5-14,17,19H2,1-4H3,(H,36,42)/t22-,23-,26-,27+,30-,31-,33-/m0/s1. The highest BCUT2D eigenvalue weighted by Crippen LogP contribution is 2.61. The molecule has 242 valence electrons. The highest BCUT2D eigenvalue weighted by atomic mass is 16.5.